The molecule has 1 aromatic heterocycles. The van der Waals surface area contributed by atoms with E-state index >= 15 is 0 Å². The molecule has 0 bridgehead atoms. The van der Waals surface area contributed by atoms with E-state index in [1.807, 2.05) is 30.5 Å². The summed E-state index contributed by atoms with van der Waals surface area (Å²) in [5.41, 5.74) is 4.77. The van der Waals surface area contributed by atoms with Crippen LogP contribution in [0.1, 0.15) is 36.6 Å². The fraction of sp³-hybridized carbons (Fsp3) is 0.188. The molecule has 3 heteroatoms. The minimum absolute atomic E-state index is 0.0366. The zero-order valence-corrected chi connectivity index (χ0v) is 11.0. The second-order valence-corrected chi connectivity index (χ2v) is 5.10. The van der Waals surface area contributed by atoms with Gasteiger partial charge < -0.3 is 10.3 Å². The molecule has 2 aromatic rings. The highest BCUT2D eigenvalue weighted by Crippen LogP contribution is 2.34. The highest BCUT2D eigenvalue weighted by Gasteiger charge is 2.24. The topological polar surface area (TPSA) is 44.9 Å². The third-order valence-corrected chi connectivity index (χ3v) is 3.42. The van der Waals surface area contributed by atoms with Crippen molar-refractivity contribution in [2.45, 2.75) is 19.8 Å². The molecule has 3 nitrogen and oxygen atoms in total. The van der Waals surface area contributed by atoms with Crippen LogP contribution in [0.4, 0.5) is 5.69 Å². The van der Waals surface area contributed by atoms with Crippen LogP contribution in [0, 0.1) is 0 Å². The molecule has 0 atom stereocenters. The monoisotopic (exact) mass is 252 g/mol. The molecule has 96 valence electrons. The predicted molar refractivity (Wildman–Crippen MR) is 77.8 cm³/mol. The molecule has 19 heavy (non-hydrogen) atoms. The Bertz CT molecular complexity index is 651. The lowest BCUT2D eigenvalue weighted by atomic mass is 9.98. The van der Waals surface area contributed by atoms with Crippen LogP contribution < -0.4 is 5.32 Å². The Balaban J connectivity index is 2.06. The first-order valence-electron chi connectivity index (χ1n) is 6.46. The number of hydrogen-bond donors (Lipinski definition) is 2. The van der Waals surface area contributed by atoms with Crippen molar-refractivity contribution in [3.8, 4) is 0 Å². The van der Waals surface area contributed by atoms with Crippen molar-refractivity contribution >= 4 is 23.2 Å². The van der Waals surface area contributed by atoms with Gasteiger partial charge >= 0.3 is 0 Å². The number of rotatable bonds is 2. The standard InChI is InChI=1S/C16H16N2O/c1-10(2)11-5-6-13-14(9-12-4-3-7-17-12)16(19)18-15(13)8-11/h3-10,17H,1-2H3,(H,18,19)/b14-9-. The van der Waals surface area contributed by atoms with Gasteiger partial charge in [0.25, 0.3) is 5.91 Å². The van der Waals surface area contributed by atoms with Crippen molar-refractivity contribution in [1.82, 2.24) is 4.98 Å². The number of benzene rings is 1. The zero-order valence-electron chi connectivity index (χ0n) is 11.0. The van der Waals surface area contributed by atoms with E-state index in [1.165, 1.54) is 5.56 Å². The van der Waals surface area contributed by atoms with Gasteiger partial charge in [-0.3, -0.25) is 4.79 Å². The molecule has 1 aliphatic rings. The molecule has 0 saturated carbocycles. The quantitative estimate of drug-likeness (QED) is 0.788. The molecule has 2 heterocycles. The van der Waals surface area contributed by atoms with E-state index < -0.39 is 0 Å². The summed E-state index contributed by atoms with van der Waals surface area (Å²) in [6.45, 7) is 4.29. The van der Waals surface area contributed by atoms with Gasteiger partial charge in [0.2, 0.25) is 0 Å². The molecule has 3 rings (SSSR count). The number of anilines is 1. The average Bonchev–Trinajstić information content (AvgIpc) is 2.98. The van der Waals surface area contributed by atoms with Crippen LogP contribution in [0.25, 0.3) is 11.6 Å². The zero-order chi connectivity index (χ0) is 13.4. The summed E-state index contributed by atoms with van der Waals surface area (Å²) in [6.07, 6.45) is 3.73. The first-order valence-corrected chi connectivity index (χ1v) is 6.46. The number of aromatic nitrogens is 1. The second-order valence-electron chi connectivity index (χ2n) is 5.10. The summed E-state index contributed by atoms with van der Waals surface area (Å²) < 4.78 is 0. The van der Waals surface area contributed by atoms with Crippen LogP contribution >= 0.6 is 0 Å². The highest BCUT2D eigenvalue weighted by molar-refractivity contribution is 6.34. The van der Waals surface area contributed by atoms with Gasteiger partial charge in [-0.1, -0.05) is 26.0 Å². The smallest absolute Gasteiger partial charge is 0.256 e. The minimum Gasteiger partial charge on any atom is -0.362 e. The molecule has 2 N–H and O–H groups in total. The van der Waals surface area contributed by atoms with E-state index in [1.54, 1.807) is 0 Å². The van der Waals surface area contributed by atoms with E-state index in [2.05, 4.69) is 36.3 Å². The summed E-state index contributed by atoms with van der Waals surface area (Å²) in [5, 5.41) is 2.93. The number of amides is 1. The SMILES string of the molecule is CC(C)c1ccc2c(c1)NC(=O)/C2=C\c1ccc[nH]1. The van der Waals surface area contributed by atoms with Crippen LogP contribution in [-0.2, 0) is 4.79 Å². The minimum atomic E-state index is -0.0366. The molecular weight excluding hydrogens is 236 g/mol. The Kier molecular flexibility index (Phi) is 2.75. The lowest BCUT2D eigenvalue weighted by molar-refractivity contribution is -0.110. The van der Waals surface area contributed by atoms with Crippen molar-refractivity contribution in [3.05, 3.63) is 53.3 Å². The fourth-order valence-corrected chi connectivity index (χ4v) is 2.30. The summed E-state index contributed by atoms with van der Waals surface area (Å²) in [7, 11) is 0. The number of H-pyrrole nitrogens is 1. The number of carbonyl (C=O) groups excluding carboxylic acids is 1. The second kappa shape index (κ2) is 4.43. The van der Waals surface area contributed by atoms with Gasteiger partial charge in [-0.15, -0.1) is 0 Å². The van der Waals surface area contributed by atoms with Gasteiger partial charge in [-0.05, 0) is 35.8 Å². The normalized spacial score (nSPS) is 15.9. The third kappa shape index (κ3) is 2.08. The Morgan fingerprint density at radius 3 is 2.74 bits per heavy atom. The van der Waals surface area contributed by atoms with E-state index in [9.17, 15) is 4.79 Å². The van der Waals surface area contributed by atoms with Crippen molar-refractivity contribution in [1.29, 1.82) is 0 Å². The summed E-state index contributed by atoms with van der Waals surface area (Å²) in [4.78, 5) is 15.1. The number of nitrogens with one attached hydrogen (secondary N) is 2. The molecule has 0 aliphatic carbocycles. The van der Waals surface area contributed by atoms with E-state index in [-0.39, 0.29) is 5.91 Å². The van der Waals surface area contributed by atoms with Crippen molar-refractivity contribution in [2.24, 2.45) is 0 Å². The molecule has 0 saturated heterocycles. The molecule has 1 aliphatic heterocycles. The third-order valence-electron chi connectivity index (χ3n) is 3.42. The molecule has 0 fully saturated rings. The van der Waals surface area contributed by atoms with E-state index in [0.717, 1.165) is 16.9 Å². The van der Waals surface area contributed by atoms with E-state index in [0.29, 0.717) is 11.5 Å². The maximum atomic E-state index is 12.0. The number of fused-ring (bicyclic) bond motifs is 1. The average molecular weight is 252 g/mol. The van der Waals surface area contributed by atoms with Gasteiger partial charge in [0.1, 0.15) is 0 Å². The number of carbonyl (C=O) groups is 1. The van der Waals surface area contributed by atoms with Gasteiger partial charge in [0.05, 0.1) is 5.57 Å². The van der Waals surface area contributed by atoms with Crippen LogP contribution in [0.15, 0.2) is 36.5 Å². The molecular formula is C16H16N2O. The molecule has 0 spiro atoms. The summed E-state index contributed by atoms with van der Waals surface area (Å²) in [6, 6.07) is 10.0. The van der Waals surface area contributed by atoms with Crippen LogP contribution in [-0.4, -0.2) is 10.9 Å². The lowest BCUT2D eigenvalue weighted by Gasteiger charge is -2.07. The molecule has 0 radical (unpaired) electrons. The van der Waals surface area contributed by atoms with Crippen LogP contribution in [0.3, 0.4) is 0 Å². The van der Waals surface area contributed by atoms with E-state index in [4.69, 9.17) is 0 Å². The van der Waals surface area contributed by atoms with Gasteiger partial charge in [-0.25, -0.2) is 0 Å². The first kappa shape index (κ1) is 11.8. The first-order chi connectivity index (χ1) is 9.15. The lowest BCUT2D eigenvalue weighted by Crippen LogP contribution is -2.03. The predicted octanol–water partition coefficient (Wildman–Crippen LogP) is 3.63. The van der Waals surface area contributed by atoms with Gasteiger partial charge in [-0.2, -0.15) is 0 Å². The van der Waals surface area contributed by atoms with Crippen molar-refractivity contribution in [2.75, 3.05) is 5.32 Å². The Labute approximate surface area is 112 Å². The molecule has 1 aromatic carbocycles. The summed E-state index contributed by atoms with van der Waals surface area (Å²) in [5.74, 6) is 0.421. The number of aromatic amines is 1. The Morgan fingerprint density at radius 1 is 1.21 bits per heavy atom. The van der Waals surface area contributed by atoms with Gasteiger partial charge in [0, 0.05) is 23.1 Å². The number of hydrogen-bond acceptors (Lipinski definition) is 1. The maximum Gasteiger partial charge on any atom is 0.256 e. The molecule has 1 amide bonds. The van der Waals surface area contributed by atoms with Crippen LogP contribution in [0.2, 0.25) is 0 Å². The van der Waals surface area contributed by atoms with Crippen molar-refractivity contribution < 1.29 is 4.79 Å². The maximum absolute atomic E-state index is 12.0. The van der Waals surface area contributed by atoms with Crippen molar-refractivity contribution in [3.63, 3.8) is 0 Å². The Morgan fingerprint density at radius 2 is 2.05 bits per heavy atom. The fourth-order valence-electron chi connectivity index (χ4n) is 2.30. The van der Waals surface area contributed by atoms with Gasteiger partial charge in [0.15, 0.2) is 0 Å². The largest absolute Gasteiger partial charge is 0.362 e. The summed E-state index contributed by atoms with van der Waals surface area (Å²) >= 11 is 0. The highest BCUT2D eigenvalue weighted by atomic mass is 16.2. The Hall–Kier alpha value is -2.29. The van der Waals surface area contributed by atoms with Crippen LogP contribution in [0.5, 0.6) is 0 Å². The molecule has 0 unspecified atom stereocenters.